The van der Waals surface area contributed by atoms with Crippen molar-refractivity contribution in [2.24, 2.45) is 0 Å². The van der Waals surface area contributed by atoms with Crippen LogP contribution in [0.4, 0.5) is 11.6 Å². The molecule has 0 aliphatic carbocycles. The van der Waals surface area contributed by atoms with E-state index in [1.54, 1.807) is 12.3 Å². The molecule has 0 aliphatic heterocycles. The van der Waals surface area contributed by atoms with E-state index in [4.69, 9.17) is 0 Å². The highest BCUT2D eigenvalue weighted by molar-refractivity contribution is 6.00. The van der Waals surface area contributed by atoms with Crippen LogP contribution in [0.25, 0.3) is 22.0 Å². The van der Waals surface area contributed by atoms with E-state index in [0.717, 1.165) is 16.3 Å². The first kappa shape index (κ1) is 19.1. The first-order valence-electron chi connectivity index (χ1n) is 9.24. The van der Waals surface area contributed by atoms with Crippen LogP contribution >= 0.6 is 0 Å². The molecule has 0 fully saturated rings. The normalized spacial score (nSPS) is 10.6. The van der Waals surface area contributed by atoms with E-state index in [-0.39, 0.29) is 23.1 Å². The van der Waals surface area contributed by atoms with Crippen molar-refractivity contribution in [3.05, 3.63) is 84.1 Å². The molecular weight excluding hydrogens is 380 g/mol. The second-order valence-electron chi connectivity index (χ2n) is 6.60. The van der Waals surface area contributed by atoms with E-state index < -0.39 is 5.97 Å². The lowest BCUT2D eigenvalue weighted by molar-refractivity contribution is 0.0697. The van der Waals surface area contributed by atoms with Crippen LogP contribution in [0.3, 0.4) is 0 Å². The number of hydrogen-bond acceptors (Lipinski definition) is 5. The van der Waals surface area contributed by atoms with Crippen molar-refractivity contribution in [1.29, 1.82) is 0 Å². The second kappa shape index (κ2) is 8.00. The molecule has 7 heteroatoms. The van der Waals surface area contributed by atoms with Gasteiger partial charge < -0.3 is 15.7 Å². The molecule has 1 amide bonds. The topological polar surface area (TPSA) is 104 Å². The summed E-state index contributed by atoms with van der Waals surface area (Å²) in [5.41, 5.74) is 2.19. The molecule has 1 heterocycles. The van der Waals surface area contributed by atoms with Gasteiger partial charge in [0.15, 0.2) is 0 Å². The molecule has 0 saturated carbocycles. The van der Waals surface area contributed by atoms with Crippen molar-refractivity contribution in [3.8, 4) is 11.3 Å². The van der Waals surface area contributed by atoms with Crippen molar-refractivity contribution in [2.75, 3.05) is 12.4 Å². The number of anilines is 2. The maximum absolute atomic E-state index is 11.9. The summed E-state index contributed by atoms with van der Waals surface area (Å²) in [4.78, 5) is 32.2. The van der Waals surface area contributed by atoms with Crippen LogP contribution in [0.1, 0.15) is 20.7 Å². The number of hydrogen-bond donors (Lipinski definition) is 3. The summed E-state index contributed by atoms with van der Waals surface area (Å²) in [5, 5.41) is 17.2. The standard InChI is InChI=1S/C23H18N4O3/c1-24-21(28)17-8-9-18(22(29)30)20(13-17)27-23-25-11-10-19(26-23)16-7-6-14-4-2-3-5-15(14)12-16/h2-13H,1H3,(H,24,28)(H,29,30)(H,25,26,27). The van der Waals surface area contributed by atoms with Crippen molar-refractivity contribution < 1.29 is 14.7 Å². The Morgan fingerprint density at radius 1 is 0.933 bits per heavy atom. The van der Waals surface area contributed by atoms with E-state index in [0.29, 0.717) is 11.3 Å². The number of carbonyl (C=O) groups is 2. The van der Waals surface area contributed by atoms with Gasteiger partial charge in [0.2, 0.25) is 5.95 Å². The number of aromatic nitrogens is 2. The smallest absolute Gasteiger partial charge is 0.337 e. The molecule has 0 spiro atoms. The van der Waals surface area contributed by atoms with E-state index in [1.807, 2.05) is 42.5 Å². The fraction of sp³-hybridized carbons (Fsp3) is 0.0435. The first-order valence-corrected chi connectivity index (χ1v) is 9.24. The molecule has 3 aromatic carbocycles. The third kappa shape index (κ3) is 3.81. The fourth-order valence-corrected chi connectivity index (χ4v) is 3.17. The lowest BCUT2D eigenvalue weighted by atomic mass is 10.1. The highest BCUT2D eigenvalue weighted by Gasteiger charge is 2.15. The largest absolute Gasteiger partial charge is 0.478 e. The van der Waals surface area contributed by atoms with Crippen molar-refractivity contribution in [2.45, 2.75) is 0 Å². The molecule has 7 nitrogen and oxygen atoms in total. The molecule has 4 aromatic rings. The number of nitrogens with one attached hydrogen (secondary N) is 2. The van der Waals surface area contributed by atoms with Crippen LogP contribution in [0.15, 0.2) is 72.9 Å². The molecule has 30 heavy (non-hydrogen) atoms. The van der Waals surface area contributed by atoms with E-state index >= 15 is 0 Å². The average molecular weight is 398 g/mol. The summed E-state index contributed by atoms with van der Waals surface area (Å²) >= 11 is 0. The van der Waals surface area contributed by atoms with E-state index in [2.05, 4.69) is 20.6 Å². The monoisotopic (exact) mass is 398 g/mol. The SMILES string of the molecule is CNC(=O)c1ccc(C(=O)O)c(Nc2nccc(-c3ccc4ccccc4c3)n2)c1. The fourth-order valence-electron chi connectivity index (χ4n) is 3.17. The Morgan fingerprint density at radius 2 is 1.73 bits per heavy atom. The number of fused-ring (bicyclic) bond motifs is 1. The zero-order valence-corrected chi connectivity index (χ0v) is 16.1. The molecule has 0 radical (unpaired) electrons. The maximum Gasteiger partial charge on any atom is 0.337 e. The van der Waals surface area contributed by atoms with Gasteiger partial charge in [-0.25, -0.2) is 14.8 Å². The minimum absolute atomic E-state index is 0.0161. The van der Waals surface area contributed by atoms with E-state index in [9.17, 15) is 14.7 Å². The van der Waals surface area contributed by atoms with Gasteiger partial charge in [-0.05, 0) is 41.1 Å². The Bertz CT molecular complexity index is 1270. The van der Waals surface area contributed by atoms with Gasteiger partial charge in [-0.1, -0.05) is 36.4 Å². The molecule has 0 atom stereocenters. The minimum Gasteiger partial charge on any atom is -0.478 e. The molecule has 4 rings (SSSR count). The van der Waals surface area contributed by atoms with Crippen LogP contribution in [-0.2, 0) is 0 Å². The molecule has 0 unspecified atom stereocenters. The average Bonchev–Trinajstić information content (AvgIpc) is 2.78. The Kier molecular flexibility index (Phi) is 5.09. The number of carboxylic acid groups (broad SMARTS) is 1. The lowest BCUT2D eigenvalue weighted by Gasteiger charge is -2.11. The summed E-state index contributed by atoms with van der Waals surface area (Å²) in [6.45, 7) is 0. The Hall–Kier alpha value is -4.26. The van der Waals surface area contributed by atoms with Gasteiger partial charge in [0, 0.05) is 24.4 Å². The van der Waals surface area contributed by atoms with Gasteiger partial charge in [0.1, 0.15) is 0 Å². The number of carbonyl (C=O) groups excluding carboxylic acids is 1. The third-order valence-corrected chi connectivity index (χ3v) is 4.69. The number of rotatable bonds is 5. The summed E-state index contributed by atoms with van der Waals surface area (Å²) in [7, 11) is 1.51. The molecule has 0 saturated heterocycles. The van der Waals surface area contributed by atoms with Gasteiger partial charge in [-0.2, -0.15) is 0 Å². The Morgan fingerprint density at radius 3 is 2.50 bits per heavy atom. The minimum atomic E-state index is -1.12. The zero-order chi connectivity index (χ0) is 21.1. The van der Waals surface area contributed by atoms with Gasteiger partial charge in [0.25, 0.3) is 5.91 Å². The van der Waals surface area contributed by atoms with Gasteiger partial charge in [-0.3, -0.25) is 4.79 Å². The lowest BCUT2D eigenvalue weighted by Crippen LogP contribution is -2.18. The van der Waals surface area contributed by atoms with Crippen LogP contribution < -0.4 is 10.6 Å². The van der Waals surface area contributed by atoms with Crippen molar-refractivity contribution in [1.82, 2.24) is 15.3 Å². The van der Waals surface area contributed by atoms with Gasteiger partial charge in [0.05, 0.1) is 16.9 Å². The number of carboxylic acids is 1. The maximum atomic E-state index is 11.9. The van der Waals surface area contributed by atoms with Crippen LogP contribution in [0.2, 0.25) is 0 Å². The van der Waals surface area contributed by atoms with Crippen LogP contribution in [-0.4, -0.2) is 34.0 Å². The summed E-state index contributed by atoms with van der Waals surface area (Å²) < 4.78 is 0. The molecule has 0 bridgehead atoms. The van der Waals surface area contributed by atoms with E-state index in [1.165, 1.54) is 25.2 Å². The quantitative estimate of drug-likeness (QED) is 0.468. The van der Waals surface area contributed by atoms with Gasteiger partial charge >= 0.3 is 5.97 Å². The highest BCUT2D eigenvalue weighted by atomic mass is 16.4. The summed E-state index contributed by atoms with van der Waals surface area (Å²) in [6.07, 6.45) is 1.60. The Labute approximate surface area is 172 Å². The summed E-state index contributed by atoms with van der Waals surface area (Å²) in [5.74, 6) is -1.20. The molecule has 3 N–H and O–H groups in total. The van der Waals surface area contributed by atoms with Crippen LogP contribution in [0.5, 0.6) is 0 Å². The third-order valence-electron chi connectivity index (χ3n) is 4.69. The number of benzene rings is 3. The van der Waals surface area contributed by atoms with Crippen molar-refractivity contribution >= 4 is 34.3 Å². The molecule has 0 aliphatic rings. The first-order chi connectivity index (χ1) is 14.5. The second-order valence-corrected chi connectivity index (χ2v) is 6.60. The number of amides is 1. The van der Waals surface area contributed by atoms with Crippen molar-refractivity contribution in [3.63, 3.8) is 0 Å². The number of aromatic carboxylic acids is 1. The predicted molar refractivity (Wildman–Crippen MR) is 115 cm³/mol. The molecule has 148 valence electrons. The number of nitrogens with zero attached hydrogens (tertiary/aromatic N) is 2. The summed E-state index contributed by atoms with van der Waals surface area (Å²) in [6, 6.07) is 20.2. The highest BCUT2D eigenvalue weighted by Crippen LogP contribution is 2.25. The van der Waals surface area contributed by atoms with Crippen LogP contribution in [0, 0.1) is 0 Å². The molecule has 1 aromatic heterocycles. The predicted octanol–water partition coefficient (Wildman–Crippen LogP) is 4.10. The Balaban J connectivity index is 1.70. The van der Waals surface area contributed by atoms with Gasteiger partial charge in [-0.15, -0.1) is 0 Å². The molecular formula is C23H18N4O3. The zero-order valence-electron chi connectivity index (χ0n) is 16.1.